The van der Waals surface area contributed by atoms with Crippen LogP contribution in [0, 0.1) is 0 Å². The molecule has 1 aliphatic heterocycles. The van der Waals surface area contributed by atoms with Gasteiger partial charge in [-0.25, -0.2) is 0 Å². The lowest BCUT2D eigenvalue weighted by Crippen LogP contribution is -2.39. The van der Waals surface area contributed by atoms with Crippen LogP contribution in [-0.2, 0) is 4.74 Å². The molecule has 8 heteroatoms. The van der Waals surface area contributed by atoms with Gasteiger partial charge in [-0.1, -0.05) is 6.07 Å². The highest BCUT2D eigenvalue weighted by molar-refractivity contribution is 7.12. The smallest absolute Gasteiger partial charge is 0.266 e. The third-order valence-corrected chi connectivity index (χ3v) is 4.36. The van der Waals surface area contributed by atoms with Crippen LogP contribution in [0.1, 0.15) is 9.67 Å². The van der Waals surface area contributed by atoms with Crippen LogP contribution in [0.4, 0.5) is 11.6 Å². The van der Waals surface area contributed by atoms with Crippen LogP contribution in [0.25, 0.3) is 0 Å². The van der Waals surface area contributed by atoms with E-state index in [1.807, 2.05) is 17.5 Å². The second-order valence-electron chi connectivity index (χ2n) is 5.12. The molecule has 2 N–H and O–H groups in total. The Morgan fingerprint density at radius 2 is 2.00 bits per heavy atom. The molecule has 0 bridgehead atoms. The summed E-state index contributed by atoms with van der Waals surface area (Å²) in [6.07, 6.45) is 0. The minimum Gasteiger partial charge on any atom is -0.379 e. The number of amides is 1. The van der Waals surface area contributed by atoms with Gasteiger partial charge in [-0.05, 0) is 23.6 Å². The summed E-state index contributed by atoms with van der Waals surface area (Å²) in [5.41, 5.74) is 0. The van der Waals surface area contributed by atoms with Crippen molar-refractivity contribution in [1.29, 1.82) is 0 Å². The Labute approximate surface area is 138 Å². The van der Waals surface area contributed by atoms with Crippen molar-refractivity contribution in [2.45, 2.75) is 0 Å². The Kier molecular flexibility index (Phi) is 5.51. The summed E-state index contributed by atoms with van der Waals surface area (Å²) in [6.45, 7) is 5.30. The first-order valence-electron chi connectivity index (χ1n) is 7.54. The van der Waals surface area contributed by atoms with Gasteiger partial charge in [-0.3, -0.25) is 9.69 Å². The van der Waals surface area contributed by atoms with Crippen LogP contribution in [0.2, 0.25) is 0 Å². The summed E-state index contributed by atoms with van der Waals surface area (Å²) in [5, 5.41) is 15.9. The molecular weight excluding hydrogens is 314 g/mol. The molecule has 2 aromatic rings. The summed E-state index contributed by atoms with van der Waals surface area (Å²) >= 11 is 1.39. The predicted molar refractivity (Wildman–Crippen MR) is 90.1 cm³/mol. The molecule has 23 heavy (non-hydrogen) atoms. The first-order valence-corrected chi connectivity index (χ1v) is 8.42. The number of carbonyl (C=O) groups excluding carboxylic acids is 1. The summed E-state index contributed by atoms with van der Waals surface area (Å²) in [5.74, 6) is 0.983. The van der Waals surface area contributed by atoms with Crippen molar-refractivity contribution in [1.82, 2.24) is 15.1 Å². The number of hydrogen-bond donors (Lipinski definition) is 2. The van der Waals surface area contributed by atoms with E-state index in [1.165, 1.54) is 11.3 Å². The molecule has 2 aromatic heterocycles. The third-order valence-electron chi connectivity index (χ3n) is 3.49. The molecule has 1 aliphatic rings. The summed E-state index contributed by atoms with van der Waals surface area (Å²) < 4.78 is 5.32. The van der Waals surface area contributed by atoms with E-state index in [4.69, 9.17) is 4.74 Å². The molecule has 3 heterocycles. The number of hydrogen-bond acceptors (Lipinski definition) is 7. The van der Waals surface area contributed by atoms with E-state index < -0.39 is 0 Å². The van der Waals surface area contributed by atoms with E-state index >= 15 is 0 Å². The van der Waals surface area contributed by atoms with Gasteiger partial charge in [-0.2, -0.15) is 0 Å². The van der Waals surface area contributed by atoms with Gasteiger partial charge in [-0.15, -0.1) is 21.5 Å². The largest absolute Gasteiger partial charge is 0.379 e. The average molecular weight is 333 g/mol. The maximum atomic E-state index is 11.9. The van der Waals surface area contributed by atoms with Gasteiger partial charge in [0, 0.05) is 26.2 Å². The Morgan fingerprint density at radius 3 is 2.70 bits per heavy atom. The van der Waals surface area contributed by atoms with Crippen LogP contribution in [0.3, 0.4) is 0 Å². The highest BCUT2D eigenvalue weighted by atomic mass is 32.1. The number of rotatable bonds is 6. The molecule has 7 nitrogen and oxygen atoms in total. The standard InChI is InChI=1S/C15H19N5O2S/c21-15(12-2-1-11-23-12)17-14-4-3-13(18-19-14)16-5-6-20-7-9-22-10-8-20/h1-4,11H,5-10H2,(H,16,18)(H,17,19,21). The number of carbonyl (C=O) groups is 1. The van der Waals surface area contributed by atoms with Crippen molar-refractivity contribution in [2.24, 2.45) is 0 Å². The van der Waals surface area contributed by atoms with Gasteiger partial charge < -0.3 is 15.4 Å². The Morgan fingerprint density at radius 1 is 1.22 bits per heavy atom. The Balaban J connectivity index is 1.44. The summed E-state index contributed by atoms with van der Waals surface area (Å²) in [6, 6.07) is 7.17. The fourth-order valence-corrected chi connectivity index (χ4v) is 2.86. The molecule has 1 saturated heterocycles. The maximum Gasteiger partial charge on any atom is 0.266 e. The lowest BCUT2D eigenvalue weighted by Gasteiger charge is -2.26. The minimum atomic E-state index is -0.165. The van der Waals surface area contributed by atoms with Crippen molar-refractivity contribution in [2.75, 3.05) is 50.0 Å². The van der Waals surface area contributed by atoms with Crippen molar-refractivity contribution in [3.05, 3.63) is 34.5 Å². The van der Waals surface area contributed by atoms with Crippen molar-refractivity contribution in [3.63, 3.8) is 0 Å². The normalized spacial score (nSPS) is 15.3. The minimum absolute atomic E-state index is 0.165. The molecule has 1 fully saturated rings. The van der Waals surface area contributed by atoms with Crippen molar-refractivity contribution < 1.29 is 9.53 Å². The van der Waals surface area contributed by atoms with Gasteiger partial charge in [0.15, 0.2) is 5.82 Å². The molecule has 0 spiro atoms. The molecule has 0 radical (unpaired) electrons. The predicted octanol–water partition coefficient (Wildman–Crippen LogP) is 1.53. The molecule has 0 aliphatic carbocycles. The monoisotopic (exact) mass is 333 g/mol. The fourth-order valence-electron chi connectivity index (χ4n) is 2.25. The zero-order valence-electron chi connectivity index (χ0n) is 12.7. The maximum absolute atomic E-state index is 11.9. The third kappa shape index (κ3) is 4.72. The molecule has 0 saturated carbocycles. The number of aromatic nitrogens is 2. The van der Waals surface area contributed by atoms with E-state index in [0.29, 0.717) is 16.5 Å². The highest BCUT2D eigenvalue weighted by Gasteiger charge is 2.10. The molecular formula is C15H19N5O2S. The SMILES string of the molecule is O=C(Nc1ccc(NCCN2CCOCC2)nn1)c1cccs1. The number of nitrogens with zero attached hydrogens (tertiary/aromatic N) is 3. The molecule has 0 unspecified atom stereocenters. The molecule has 122 valence electrons. The fraction of sp³-hybridized carbons (Fsp3) is 0.400. The van der Waals surface area contributed by atoms with Crippen LogP contribution < -0.4 is 10.6 Å². The lowest BCUT2D eigenvalue weighted by molar-refractivity contribution is 0.0398. The van der Waals surface area contributed by atoms with Crippen LogP contribution in [-0.4, -0.2) is 60.4 Å². The number of nitrogens with one attached hydrogen (secondary N) is 2. The number of thiophene rings is 1. The molecule has 3 rings (SSSR count). The van der Waals surface area contributed by atoms with E-state index in [-0.39, 0.29) is 5.91 Å². The molecule has 0 aromatic carbocycles. The number of anilines is 2. The summed E-state index contributed by atoms with van der Waals surface area (Å²) in [7, 11) is 0. The topological polar surface area (TPSA) is 79.4 Å². The first kappa shape index (κ1) is 15.9. The van der Waals surface area contributed by atoms with Crippen LogP contribution in [0.15, 0.2) is 29.6 Å². The quantitative estimate of drug-likeness (QED) is 0.835. The van der Waals surface area contributed by atoms with Gasteiger partial charge in [0.25, 0.3) is 5.91 Å². The summed E-state index contributed by atoms with van der Waals surface area (Å²) in [4.78, 5) is 14.9. The highest BCUT2D eigenvalue weighted by Crippen LogP contribution is 2.12. The van der Waals surface area contributed by atoms with Gasteiger partial charge >= 0.3 is 0 Å². The second-order valence-corrected chi connectivity index (χ2v) is 6.06. The van der Waals surface area contributed by atoms with Crippen molar-refractivity contribution >= 4 is 28.9 Å². The number of ether oxygens (including phenoxy) is 1. The van der Waals surface area contributed by atoms with E-state index in [1.54, 1.807) is 12.1 Å². The molecule has 1 amide bonds. The Bertz CT molecular complexity index is 611. The van der Waals surface area contributed by atoms with Gasteiger partial charge in [0.05, 0.1) is 18.1 Å². The van der Waals surface area contributed by atoms with Crippen LogP contribution >= 0.6 is 11.3 Å². The molecule has 0 atom stereocenters. The van der Waals surface area contributed by atoms with E-state index in [0.717, 1.165) is 39.4 Å². The van der Waals surface area contributed by atoms with Crippen LogP contribution in [0.5, 0.6) is 0 Å². The first-order chi connectivity index (χ1) is 11.3. The zero-order valence-corrected chi connectivity index (χ0v) is 13.5. The van der Waals surface area contributed by atoms with E-state index in [9.17, 15) is 4.79 Å². The lowest BCUT2D eigenvalue weighted by atomic mass is 10.4. The average Bonchev–Trinajstić information content (AvgIpc) is 3.12. The van der Waals surface area contributed by atoms with Gasteiger partial charge in [0.2, 0.25) is 0 Å². The zero-order chi connectivity index (χ0) is 15.9. The number of morpholine rings is 1. The van der Waals surface area contributed by atoms with Crippen molar-refractivity contribution in [3.8, 4) is 0 Å². The second kappa shape index (κ2) is 8.00. The Hall–Kier alpha value is -2.03. The van der Waals surface area contributed by atoms with E-state index in [2.05, 4.69) is 25.7 Å². The van der Waals surface area contributed by atoms with Gasteiger partial charge in [0.1, 0.15) is 5.82 Å².